The highest BCUT2D eigenvalue weighted by Crippen LogP contribution is 2.41. The Hall–Kier alpha value is -1.36. The maximum Gasteiger partial charge on any atom is 0.131 e. The Morgan fingerprint density at radius 1 is 1.39 bits per heavy atom. The lowest BCUT2D eigenvalue weighted by Crippen LogP contribution is -2.57. The first-order chi connectivity index (χ1) is 8.54. The fourth-order valence-corrected chi connectivity index (χ4v) is 2.11. The van der Waals surface area contributed by atoms with Gasteiger partial charge in [-0.05, 0) is 12.8 Å². The van der Waals surface area contributed by atoms with Gasteiger partial charge in [0.2, 0.25) is 0 Å². The summed E-state index contributed by atoms with van der Waals surface area (Å²) in [6.07, 6.45) is 3.17. The molecule has 0 amide bonds. The Balaban J connectivity index is 1.98. The Morgan fingerprint density at radius 3 is 2.72 bits per heavy atom. The van der Waals surface area contributed by atoms with Gasteiger partial charge >= 0.3 is 0 Å². The van der Waals surface area contributed by atoms with Crippen LogP contribution in [-0.4, -0.2) is 33.8 Å². The molecular formula is C13H22N4O. The highest BCUT2D eigenvalue weighted by molar-refractivity contribution is 5.47. The average molecular weight is 250 g/mol. The van der Waals surface area contributed by atoms with E-state index in [2.05, 4.69) is 41.4 Å². The molecular weight excluding hydrogens is 228 g/mol. The monoisotopic (exact) mass is 250 g/mol. The van der Waals surface area contributed by atoms with Crippen LogP contribution in [0.3, 0.4) is 0 Å². The zero-order chi connectivity index (χ0) is 13.2. The van der Waals surface area contributed by atoms with Crippen molar-refractivity contribution in [3.05, 3.63) is 12.4 Å². The normalized spacial score (nSPS) is 25.3. The lowest BCUT2D eigenvalue weighted by atomic mass is 9.64. The molecule has 2 unspecified atom stereocenters. The molecule has 0 saturated heterocycles. The molecule has 2 atom stereocenters. The Bertz CT molecular complexity index is 408. The zero-order valence-electron chi connectivity index (χ0n) is 11.3. The van der Waals surface area contributed by atoms with Crippen molar-refractivity contribution in [2.24, 2.45) is 5.41 Å². The van der Waals surface area contributed by atoms with Gasteiger partial charge in [0.25, 0.3) is 0 Å². The molecule has 1 aromatic heterocycles. The van der Waals surface area contributed by atoms with E-state index in [0.717, 1.165) is 31.0 Å². The summed E-state index contributed by atoms with van der Waals surface area (Å²) in [4.78, 5) is 8.38. The predicted molar refractivity (Wildman–Crippen MR) is 72.6 cm³/mol. The number of anilines is 2. The van der Waals surface area contributed by atoms with Gasteiger partial charge in [0.1, 0.15) is 18.0 Å². The zero-order valence-corrected chi connectivity index (χ0v) is 11.3. The maximum atomic E-state index is 9.71. The van der Waals surface area contributed by atoms with Crippen LogP contribution in [0.2, 0.25) is 0 Å². The van der Waals surface area contributed by atoms with Crippen molar-refractivity contribution in [2.75, 3.05) is 17.2 Å². The standard InChI is InChI=1S/C13H22N4O/c1-4-5-14-11-7-12(16-8-15-11)17-9-6-10(18)13(9,2)3/h7-10,18H,4-6H2,1-3H3,(H2,14,15,16,17). The summed E-state index contributed by atoms with van der Waals surface area (Å²) in [5, 5.41) is 16.3. The molecule has 100 valence electrons. The van der Waals surface area contributed by atoms with Crippen molar-refractivity contribution in [1.29, 1.82) is 0 Å². The van der Waals surface area contributed by atoms with Crippen LogP contribution in [0.4, 0.5) is 11.6 Å². The van der Waals surface area contributed by atoms with E-state index in [4.69, 9.17) is 0 Å². The predicted octanol–water partition coefficient (Wildman–Crippen LogP) is 1.87. The van der Waals surface area contributed by atoms with Gasteiger partial charge in [-0.2, -0.15) is 0 Å². The number of nitrogens with zero attached hydrogens (tertiary/aromatic N) is 2. The molecule has 1 fully saturated rings. The van der Waals surface area contributed by atoms with Crippen LogP contribution >= 0.6 is 0 Å². The second kappa shape index (κ2) is 5.10. The first-order valence-corrected chi connectivity index (χ1v) is 6.54. The molecule has 0 spiro atoms. The number of hydrogen-bond donors (Lipinski definition) is 3. The molecule has 0 bridgehead atoms. The van der Waals surface area contributed by atoms with Crippen molar-refractivity contribution in [3.8, 4) is 0 Å². The Kier molecular flexibility index (Phi) is 3.71. The van der Waals surface area contributed by atoms with E-state index >= 15 is 0 Å². The molecule has 1 saturated carbocycles. The number of rotatable bonds is 5. The van der Waals surface area contributed by atoms with E-state index in [9.17, 15) is 5.11 Å². The summed E-state index contributed by atoms with van der Waals surface area (Å²) < 4.78 is 0. The average Bonchev–Trinajstić information content (AvgIpc) is 2.36. The highest BCUT2D eigenvalue weighted by atomic mass is 16.3. The van der Waals surface area contributed by atoms with Gasteiger partial charge in [-0.1, -0.05) is 20.8 Å². The second-order valence-electron chi connectivity index (χ2n) is 5.49. The largest absolute Gasteiger partial charge is 0.392 e. The third kappa shape index (κ3) is 2.56. The molecule has 0 aliphatic heterocycles. The van der Waals surface area contributed by atoms with Crippen LogP contribution < -0.4 is 10.6 Å². The van der Waals surface area contributed by atoms with Crippen molar-refractivity contribution in [3.63, 3.8) is 0 Å². The first-order valence-electron chi connectivity index (χ1n) is 6.54. The van der Waals surface area contributed by atoms with E-state index in [1.807, 2.05) is 6.07 Å². The van der Waals surface area contributed by atoms with Crippen LogP contribution in [0.25, 0.3) is 0 Å². The minimum atomic E-state index is -0.227. The summed E-state index contributed by atoms with van der Waals surface area (Å²) in [6, 6.07) is 2.18. The number of aliphatic hydroxyl groups excluding tert-OH is 1. The smallest absolute Gasteiger partial charge is 0.131 e. The van der Waals surface area contributed by atoms with Gasteiger partial charge in [-0.25, -0.2) is 9.97 Å². The van der Waals surface area contributed by atoms with Gasteiger partial charge in [-0.3, -0.25) is 0 Å². The summed E-state index contributed by atoms with van der Waals surface area (Å²) in [5.74, 6) is 1.65. The van der Waals surface area contributed by atoms with Gasteiger partial charge in [0, 0.05) is 24.1 Å². The summed E-state index contributed by atoms with van der Waals surface area (Å²) in [6.45, 7) is 7.16. The number of aromatic nitrogens is 2. The van der Waals surface area contributed by atoms with Crippen LogP contribution in [0.15, 0.2) is 12.4 Å². The highest BCUT2D eigenvalue weighted by Gasteiger charge is 2.47. The second-order valence-corrected chi connectivity index (χ2v) is 5.49. The van der Waals surface area contributed by atoms with Crippen molar-refractivity contribution >= 4 is 11.6 Å². The lowest BCUT2D eigenvalue weighted by molar-refractivity contribution is -0.0511. The summed E-state index contributed by atoms with van der Waals surface area (Å²) in [5.41, 5.74) is -0.0953. The van der Waals surface area contributed by atoms with Crippen molar-refractivity contribution in [2.45, 2.75) is 45.8 Å². The first kappa shape index (κ1) is 13.1. The molecule has 5 nitrogen and oxygen atoms in total. The number of aliphatic hydroxyl groups is 1. The molecule has 1 aliphatic rings. The number of nitrogens with one attached hydrogen (secondary N) is 2. The minimum Gasteiger partial charge on any atom is -0.392 e. The minimum absolute atomic E-state index is 0.0953. The van der Waals surface area contributed by atoms with E-state index in [1.54, 1.807) is 6.33 Å². The fraction of sp³-hybridized carbons (Fsp3) is 0.692. The van der Waals surface area contributed by atoms with Crippen LogP contribution in [-0.2, 0) is 0 Å². The van der Waals surface area contributed by atoms with Crippen molar-refractivity contribution in [1.82, 2.24) is 9.97 Å². The third-order valence-corrected chi connectivity index (χ3v) is 3.76. The molecule has 1 aliphatic carbocycles. The third-order valence-electron chi connectivity index (χ3n) is 3.76. The van der Waals surface area contributed by atoms with E-state index < -0.39 is 0 Å². The SMILES string of the molecule is CCCNc1cc(NC2CC(O)C2(C)C)ncn1. The van der Waals surface area contributed by atoms with Crippen LogP contribution in [0.5, 0.6) is 0 Å². The molecule has 5 heteroatoms. The molecule has 1 heterocycles. The molecule has 2 rings (SSSR count). The summed E-state index contributed by atoms with van der Waals surface area (Å²) >= 11 is 0. The molecule has 1 aromatic rings. The molecule has 0 aromatic carbocycles. The van der Waals surface area contributed by atoms with Gasteiger partial charge in [0.15, 0.2) is 0 Å². The van der Waals surface area contributed by atoms with E-state index in [-0.39, 0.29) is 17.6 Å². The van der Waals surface area contributed by atoms with E-state index in [0.29, 0.717) is 0 Å². The Labute approximate surface area is 108 Å². The van der Waals surface area contributed by atoms with Crippen LogP contribution in [0.1, 0.15) is 33.6 Å². The quantitative estimate of drug-likeness (QED) is 0.744. The van der Waals surface area contributed by atoms with Gasteiger partial charge < -0.3 is 15.7 Å². The van der Waals surface area contributed by atoms with Crippen LogP contribution in [0, 0.1) is 5.41 Å². The lowest BCUT2D eigenvalue weighted by Gasteiger charge is -2.49. The molecule has 3 N–H and O–H groups in total. The number of hydrogen-bond acceptors (Lipinski definition) is 5. The van der Waals surface area contributed by atoms with Gasteiger partial charge in [0.05, 0.1) is 6.10 Å². The summed E-state index contributed by atoms with van der Waals surface area (Å²) in [7, 11) is 0. The maximum absolute atomic E-state index is 9.71. The molecule has 18 heavy (non-hydrogen) atoms. The van der Waals surface area contributed by atoms with E-state index in [1.165, 1.54) is 0 Å². The Morgan fingerprint density at radius 2 is 2.11 bits per heavy atom. The van der Waals surface area contributed by atoms with Gasteiger partial charge in [-0.15, -0.1) is 0 Å². The molecule has 0 radical (unpaired) electrons. The fourth-order valence-electron chi connectivity index (χ4n) is 2.11. The van der Waals surface area contributed by atoms with Crippen molar-refractivity contribution < 1.29 is 5.11 Å². The topological polar surface area (TPSA) is 70.1 Å².